The lowest BCUT2D eigenvalue weighted by molar-refractivity contribution is 0.173. The van der Waals surface area contributed by atoms with Crippen LogP contribution in [0.25, 0.3) is 0 Å². The van der Waals surface area contributed by atoms with Gasteiger partial charge in [-0.2, -0.15) is 0 Å². The number of methoxy groups -OCH3 is 1. The van der Waals surface area contributed by atoms with E-state index in [9.17, 15) is 0 Å². The van der Waals surface area contributed by atoms with E-state index in [1.54, 1.807) is 7.11 Å². The van der Waals surface area contributed by atoms with Crippen LogP contribution in [-0.2, 0) is 6.54 Å². The lowest BCUT2D eigenvalue weighted by Crippen LogP contribution is -2.26. The maximum Gasteiger partial charge on any atom is 0.118 e. The Hall–Kier alpha value is -1.06. The van der Waals surface area contributed by atoms with Crippen molar-refractivity contribution < 1.29 is 9.84 Å². The summed E-state index contributed by atoms with van der Waals surface area (Å²) in [5.41, 5.74) is 1.26. The minimum absolute atomic E-state index is 0.267. The molecular weight excluding hydrogens is 214 g/mol. The van der Waals surface area contributed by atoms with Gasteiger partial charge < -0.3 is 14.7 Å². The Morgan fingerprint density at radius 2 is 1.94 bits per heavy atom. The molecule has 0 amide bonds. The van der Waals surface area contributed by atoms with Crippen LogP contribution in [0.3, 0.4) is 0 Å². The number of hydrogen-bond acceptors (Lipinski definition) is 3. The summed E-state index contributed by atoms with van der Waals surface area (Å²) in [5, 5.41) is 9.17. The molecule has 0 radical (unpaired) electrons. The quantitative estimate of drug-likeness (QED) is 0.788. The Morgan fingerprint density at radius 3 is 2.41 bits per heavy atom. The van der Waals surface area contributed by atoms with Gasteiger partial charge in [-0.15, -0.1) is 0 Å². The number of hydrogen-bond donors (Lipinski definition) is 1. The van der Waals surface area contributed by atoms with Crippen LogP contribution in [0.4, 0.5) is 0 Å². The second-order valence-corrected chi connectivity index (χ2v) is 4.50. The zero-order valence-corrected chi connectivity index (χ0v) is 11.0. The van der Waals surface area contributed by atoms with Crippen LogP contribution in [0, 0.1) is 5.92 Å². The summed E-state index contributed by atoms with van der Waals surface area (Å²) in [6, 6.07) is 8.11. The molecule has 0 heterocycles. The Labute approximate surface area is 104 Å². The van der Waals surface area contributed by atoms with Crippen molar-refractivity contribution in [1.29, 1.82) is 0 Å². The first kappa shape index (κ1) is 14.0. The van der Waals surface area contributed by atoms with Gasteiger partial charge in [0.05, 0.1) is 7.11 Å². The molecule has 0 saturated heterocycles. The maximum atomic E-state index is 9.17. The Bertz CT molecular complexity index is 307. The standard InChI is InChI=1S/C14H23NO2/c1-4-12(11-16)9-15(2)10-13-5-7-14(17-3)8-6-13/h5-8,12,16H,4,9-11H2,1-3H3. The predicted octanol–water partition coefficient (Wildman–Crippen LogP) is 2.15. The van der Waals surface area contributed by atoms with E-state index in [0.29, 0.717) is 5.92 Å². The third-order valence-electron chi connectivity index (χ3n) is 3.02. The SMILES string of the molecule is CCC(CO)CN(C)Cc1ccc(OC)cc1. The first-order valence-corrected chi connectivity index (χ1v) is 6.12. The molecule has 0 saturated carbocycles. The normalized spacial score (nSPS) is 12.8. The summed E-state index contributed by atoms with van der Waals surface area (Å²) in [6.45, 7) is 4.21. The van der Waals surface area contributed by atoms with Crippen molar-refractivity contribution in [2.75, 3.05) is 27.3 Å². The topological polar surface area (TPSA) is 32.7 Å². The van der Waals surface area contributed by atoms with Crippen LogP contribution in [0.2, 0.25) is 0 Å². The van der Waals surface area contributed by atoms with Crippen molar-refractivity contribution in [3.05, 3.63) is 29.8 Å². The van der Waals surface area contributed by atoms with E-state index in [0.717, 1.165) is 25.3 Å². The van der Waals surface area contributed by atoms with E-state index in [4.69, 9.17) is 9.84 Å². The van der Waals surface area contributed by atoms with Gasteiger partial charge in [0.1, 0.15) is 5.75 Å². The molecule has 0 aromatic heterocycles. The van der Waals surface area contributed by atoms with E-state index < -0.39 is 0 Å². The average molecular weight is 237 g/mol. The highest BCUT2D eigenvalue weighted by molar-refractivity contribution is 5.26. The molecule has 0 aliphatic carbocycles. The van der Waals surface area contributed by atoms with Crippen LogP contribution in [-0.4, -0.2) is 37.3 Å². The fourth-order valence-electron chi connectivity index (χ4n) is 1.86. The van der Waals surface area contributed by atoms with Crippen LogP contribution in [0.5, 0.6) is 5.75 Å². The minimum Gasteiger partial charge on any atom is -0.497 e. The third-order valence-corrected chi connectivity index (χ3v) is 3.02. The summed E-state index contributed by atoms with van der Waals surface area (Å²) in [6.07, 6.45) is 1.02. The monoisotopic (exact) mass is 237 g/mol. The highest BCUT2D eigenvalue weighted by Gasteiger charge is 2.08. The summed E-state index contributed by atoms with van der Waals surface area (Å²) < 4.78 is 5.13. The molecule has 1 rings (SSSR count). The summed E-state index contributed by atoms with van der Waals surface area (Å²) in [5.74, 6) is 1.26. The molecule has 17 heavy (non-hydrogen) atoms. The Morgan fingerprint density at radius 1 is 1.29 bits per heavy atom. The zero-order valence-electron chi connectivity index (χ0n) is 11.0. The molecule has 1 aromatic carbocycles. The van der Waals surface area contributed by atoms with Gasteiger partial charge in [0, 0.05) is 19.7 Å². The molecule has 1 N–H and O–H groups in total. The van der Waals surface area contributed by atoms with Gasteiger partial charge in [0.2, 0.25) is 0 Å². The van der Waals surface area contributed by atoms with Gasteiger partial charge in [-0.1, -0.05) is 19.1 Å². The molecule has 1 unspecified atom stereocenters. The Kier molecular flexibility index (Phi) is 6.01. The molecule has 0 spiro atoms. The van der Waals surface area contributed by atoms with Crippen LogP contribution in [0.1, 0.15) is 18.9 Å². The first-order valence-electron chi connectivity index (χ1n) is 6.12. The van der Waals surface area contributed by atoms with E-state index >= 15 is 0 Å². The van der Waals surface area contributed by atoms with Crippen molar-refractivity contribution in [2.24, 2.45) is 5.92 Å². The fourth-order valence-corrected chi connectivity index (χ4v) is 1.86. The smallest absolute Gasteiger partial charge is 0.118 e. The van der Waals surface area contributed by atoms with E-state index in [1.165, 1.54) is 5.56 Å². The molecule has 0 aliphatic rings. The van der Waals surface area contributed by atoms with E-state index in [2.05, 4.69) is 31.0 Å². The molecule has 0 fully saturated rings. The highest BCUT2D eigenvalue weighted by Crippen LogP contribution is 2.13. The lowest BCUT2D eigenvalue weighted by atomic mass is 10.1. The number of benzene rings is 1. The van der Waals surface area contributed by atoms with Gasteiger partial charge in [0.15, 0.2) is 0 Å². The number of ether oxygens (including phenoxy) is 1. The number of aliphatic hydroxyl groups is 1. The highest BCUT2D eigenvalue weighted by atomic mass is 16.5. The van der Waals surface area contributed by atoms with Crippen LogP contribution >= 0.6 is 0 Å². The number of rotatable bonds is 7. The van der Waals surface area contributed by atoms with Crippen molar-refractivity contribution >= 4 is 0 Å². The van der Waals surface area contributed by atoms with Crippen molar-refractivity contribution in [3.8, 4) is 5.75 Å². The second-order valence-electron chi connectivity index (χ2n) is 4.50. The summed E-state index contributed by atoms with van der Waals surface area (Å²) in [4.78, 5) is 2.24. The largest absolute Gasteiger partial charge is 0.497 e. The lowest BCUT2D eigenvalue weighted by Gasteiger charge is -2.21. The van der Waals surface area contributed by atoms with Gasteiger partial charge in [-0.05, 0) is 37.1 Å². The minimum atomic E-state index is 0.267. The summed E-state index contributed by atoms with van der Waals surface area (Å²) in [7, 11) is 3.76. The molecule has 3 heteroatoms. The first-order chi connectivity index (χ1) is 8.19. The third kappa shape index (κ3) is 4.75. The van der Waals surface area contributed by atoms with Gasteiger partial charge in [-0.25, -0.2) is 0 Å². The van der Waals surface area contributed by atoms with E-state index in [1.807, 2.05) is 12.1 Å². The van der Waals surface area contributed by atoms with Crippen molar-refractivity contribution in [2.45, 2.75) is 19.9 Å². The molecule has 1 atom stereocenters. The molecule has 0 bridgehead atoms. The predicted molar refractivity (Wildman–Crippen MR) is 70.2 cm³/mol. The van der Waals surface area contributed by atoms with Crippen LogP contribution in [0.15, 0.2) is 24.3 Å². The molecular formula is C14H23NO2. The molecule has 1 aromatic rings. The number of aliphatic hydroxyl groups excluding tert-OH is 1. The maximum absolute atomic E-state index is 9.17. The second kappa shape index (κ2) is 7.30. The molecule has 3 nitrogen and oxygen atoms in total. The Balaban J connectivity index is 2.46. The average Bonchev–Trinajstić information content (AvgIpc) is 2.37. The summed E-state index contributed by atoms with van der Waals surface area (Å²) >= 11 is 0. The van der Waals surface area contributed by atoms with Crippen molar-refractivity contribution in [1.82, 2.24) is 4.90 Å². The fraction of sp³-hybridized carbons (Fsp3) is 0.571. The molecule has 0 aliphatic heterocycles. The van der Waals surface area contributed by atoms with Crippen LogP contribution < -0.4 is 4.74 Å². The van der Waals surface area contributed by atoms with Gasteiger partial charge in [0.25, 0.3) is 0 Å². The van der Waals surface area contributed by atoms with Crippen molar-refractivity contribution in [3.63, 3.8) is 0 Å². The van der Waals surface area contributed by atoms with Gasteiger partial charge >= 0.3 is 0 Å². The van der Waals surface area contributed by atoms with Gasteiger partial charge in [-0.3, -0.25) is 0 Å². The van der Waals surface area contributed by atoms with E-state index in [-0.39, 0.29) is 6.61 Å². The zero-order chi connectivity index (χ0) is 12.7. The number of nitrogens with zero attached hydrogens (tertiary/aromatic N) is 1. The molecule has 96 valence electrons.